The zero-order valence-corrected chi connectivity index (χ0v) is 42.0. The second kappa shape index (κ2) is 29.0. The van der Waals surface area contributed by atoms with Gasteiger partial charge < -0.3 is 29.3 Å². The third-order valence-corrected chi connectivity index (χ3v) is 16.1. The SMILES string of the molecule is C=CCOC12Oc3ccc(Oc4ccc(SC)cc4)cc3C3C(CCCCO)C(CCCCO)C=C(C(=NOCc4ccccc4)CC1SCCCCCCCCCCCCCCCC)C32. The Morgan fingerprint density at radius 2 is 1.42 bits per heavy atom. The van der Waals surface area contributed by atoms with Crippen LogP contribution in [-0.4, -0.2) is 58.8 Å². The molecule has 6 unspecified atom stereocenters. The Morgan fingerprint density at radius 1 is 0.773 bits per heavy atom. The van der Waals surface area contributed by atoms with Crippen LogP contribution >= 0.6 is 23.5 Å². The molecule has 0 amide bonds. The molecule has 1 fully saturated rings. The molecule has 1 saturated carbocycles. The van der Waals surface area contributed by atoms with Gasteiger partial charge in [0.1, 0.15) is 23.9 Å². The van der Waals surface area contributed by atoms with Crippen LogP contribution in [0.4, 0.5) is 0 Å². The van der Waals surface area contributed by atoms with Crippen LogP contribution < -0.4 is 9.47 Å². The van der Waals surface area contributed by atoms with Gasteiger partial charge in [-0.1, -0.05) is 151 Å². The summed E-state index contributed by atoms with van der Waals surface area (Å²) in [6, 6.07) is 24.9. The average Bonchev–Trinajstić information content (AvgIpc) is 3.34. The highest BCUT2D eigenvalue weighted by Gasteiger charge is 2.64. The number of aliphatic hydroxyl groups excluding tert-OH is 2. The molecule has 3 aromatic carbocycles. The van der Waals surface area contributed by atoms with Crippen LogP contribution in [0.25, 0.3) is 0 Å². The minimum absolute atomic E-state index is 0.0163. The fourth-order valence-corrected chi connectivity index (χ4v) is 12.4. The molecule has 7 nitrogen and oxygen atoms in total. The van der Waals surface area contributed by atoms with Gasteiger partial charge in [-0.3, -0.25) is 0 Å². The average molecular weight is 940 g/mol. The van der Waals surface area contributed by atoms with Gasteiger partial charge >= 0.3 is 0 Å². The van der Waals surface area contributed by atoms with Gasteiger partial charge in [0, 0.05) is 36.0 Å². The summed E-state index contributed by atoms with van der Waals surface area (Å²) in [5, 5.41) is 25.0. The highest BCUT2D eigenvalue weighted by molar-refractivity contribution is 8.00. The fraction of sp³-hybridized carbons (Fsp3) is 0.596. The largest absolute Gasteiger partial charge is 0.460 e. The van der Waals surface area contributed by atoms with Crippen LogP contribution in [0, 0.1) is 17.8 Å². The molecular weight excluding hydrogens is 859 g/mol. The van der Waals surface area contributed by atoms with Crippen LogP contribution in [0.3, 0.4) is 0 Å². The van der Waals surface area contributed by atoms with Gasteiger partial charge in [0.25, 0.3) is 0 Å². The lowest BCUT2D eigenvalue weighted by atomic mass is 9.56. The number of ether oxygens (including phenoxy) is 3. The van der Waals surface area contributed by atoms with Crippen molar-refractivity contribution in [3.8, 4) is 17.2 Å². The first-order valence-electron chi connectivity index (χ1n) is 25.7. The van der Waals surface area contributed by atoms with E-state index in [2.05, 4.69) is 62.2 Å². The summed E-state index contributed by atoms with van der Waals surface area (Å²) in [6.45, 7) is 7.52. The smallest absolute Gasteiger partial charge is 0.230 e. The van der Waals surface area contributed by atoms with Crippen molar-refractivity contribution < 1.29 is 29.3 Å². The number of allylic oxidation sites excluding steroid dienone is 1. The number of hydrogen-bond donors (Lipinski definition) is 2. The number of rotatable bonds is 33. The molecule has 362 valence electrons. The molecule has 66 heavy (non-hydrogen) atoms. The third kappa shape index (κ3) is 14.9. The van der Waals surface area contributed by atoms with Gasteiger partial charge in [-0.2, -0.15) is 11.8 Å². The standard InChI is InChI=1S/C57H81NO6S2/c1-4-6-7-8-9-10-11-12-13-14-15-16-17-25-39-66-54-42-52(58-62-43-44-26-19-18-20-27-44)50-40-45(28-21-23-36-59)49(29-22-24-37-60)55-51-41-47(63-46-30-33-48(65-3)34-31-46)32-35-53(51)64-57(54,56(50)55)61-38-5-2/h5,18-20,26-27,30-35,40-41,45,49,54-56,59-60H,2,4,6-17,21-25,28-29,36-39,42-43H2,1,3H3. The van der Waals surface area contributed by atoms with Gasteiger partial charge in [-0.25, -0.2) is 0 Å². The Labute approximate surface area is 407 Å². The maximum atomic E-state index is 10.0. The van der Waals surface area contributed by atoms with Gasteiger partial charge in [0.2, 0.25) is 5.79 Å². The summed E-state index contributed by atoms with van der Waals surface area (Å²) in [5.41, 5.74) is 4.34. The molecule has 6 rings (SSSR count). The second-order valence-corrected chi connectivity index (χ2v) is 20.9. The van der Waals surface area contributed by atoms with Crippen molar-refractivity contribution in [1.82, 2.24) is 0 Å². The molecule has 3 aliphatic rings. The molecule has 3 aromatic rings. The molecule has 2 aliphatic carbocycles. The van der Waals surface area contributed by atoms with E-state index in [9.17, 15) is 10.2 Å². The van der Waals surface area contributed by atoms with Crippen LogP contribution in [0.15, 0.2) is 107 Å². The van der Waals surface area contributed by atoms with E-state index >= 15 is 0 Å². The molecule has 0 bridgehead atoms. The molecule has 0 radical (unpaired) electrons. The van der Waals surface area contributed by atoms with Crippen molar-refractivity contribution >= 4 is 29.2 Å². The zero-order chi connectivity index (χ0) is 46.2. The minimum Gasteiger partial charge on any atom is -0.460 e. The van der Waals surface area contributed by atoms with Crippen molar-refractivity contribution in [2.24, 2.45) is 22.9 Å². The number of hydrogen-bond acceptors (Lipinski definition) is 9. The molecule has 1 heterocycles. The highest BCUT2D eigenvalue weighted by Crippen LogP contribution is 2.62. The maximum Gasteiger partial charge on any atom is 0.230 e. The van der Waals surface area contributed by atoms with E-state index in [-0.39, 0.29) is 42.1 Å². The molecule has 0 saturated heterocycles. The fourth-order valence-electron chi connectivity index (χ4n) is 10.6. The van der Waals surface area contributed by atoms with E-state index in [1.165, 1.54) is 88.4 Å². The van der Waals surface area contributed by atoms with E-state index in [1.54, 1.807) is 11.8 Å². The molecule has 6 atom stereocenters. The van der Waals surface area contributed by atoms with E-state index < -0.39 is 5.79 Å². The van der Waals surface area contributed by atoms with Crippen LogP contribution in [0.1, 0.15) is 159 Å². The number of fused-ring (bicyclic) bond motifs is 2. The van der Waals surface area contributed by atoms with Gasteiger partial charge in [0.05, 0.1) is 23.5 Å². The van der Waals surface area contributed by atoms with E-state index in [1.807, 2.05) is 54.2 Å². The van der Waals surface area contributed by atoms with Crippen molar-refractivity contribution in [2.75, 3.05) is 31.8 Å². The first kappa shape index (κ1) is 52.2. The summed E-state index contributed by atoms with van der Waals surface area (Å²) >= 11 is 3.69. The predicted molar refractivity (Wildman–Crippen MR) is 277 cm³/mol. The lowest BCUT2D eigenvalue weighted by molar-refractivity contribution is -0.223. The monoisotopic (exact) mass is 940 g/mol. The summed E-state index contributed by atoms with van der Waals surface area (Å²) in [4.78, 5) is 7.48. The van der Waals surface area contributed by atoms with Crippen molar-refractivity contribution in [2.45, 2.75) is 170 Å². The maximum absolute atomic E-state index is 10.0. The van der Waals surface area contributed by atoms with Crippen LogP contribution in [-0.2, 0) is 16.2 Å². The summed E-state index contributed by atoms with van der Waals surface area (Å²) in [6.07, 6.45) is 31.1. The van der Waals surface area contributed by atoms with E-state index in [4.69, 9.17) is 24.2 Å². The highest BCUT2D eigenvalue weighted by atomic mass is 32.2. The Hall–Kier alpha value is -3.21. The molecule has 1 aliphatic heterocycles. The number of aliphatic hydroxyl groups is 2. The first-order chi connectivity index (χ1) is 32.5. The van der Waals surface area contributed by atoms with Gasteiger partial charge in [0.15, 0.2) is 0 Å². The summed E-state index contributed by atoms with van der Waals surface area (Å²) < 4.78 is 21.2. The first-order valence-corrected chi connectivity index (χ1v) is 28.0. The van der Waals surface area contributed by atoms with E-state index in [0.717, 1.165) is 90.4 Å². The Balaban J connectivity index is 1.29. The van der Waals surface area contributed by atoms with Crippen LogP contribution in [0.2, 0.25) is 0 Å². The topological polar surface area (TPSA) is 89.7 Å². The number of thioether (sulfide) groups is 2. The molecular formula is C57H81NO6S2. The number of benzene rings is 3. The lowest BCUT2D eigenvalue weighted by Crippen LogP contribution is -2.64. The van der Waals surface area contributed by atoms with E-state index in [0.29, 0.717) is 19.6 Å². The van der Waals surface area contributed by atoms with Gasteiger partial charge in [-0.15, -0.1) is 18.3 Å². The minimum atomic E-state index is -0.974. The normalized spacial score (nSPS) is 22.6. The summed E-state index contributed by atoms with van der Waals surface area (Å²) in [5.74, 6) is 2.75. The molecule has 0 spiro atoms. The number of oxime groups is 1. The van der Waals surface area contributed by atoms with Crippen molar-refractivity contribution in [3.05, 3.63) is 108 Å². The lowest BCUT2D eigenvalue weighted by Gasteiger charge is -2.58. The molecule has 0 aromatic heterocycles. The number of unbranched alkanes of at least 4 members (excludes halogenated alkanes) is 15. The second-order valence-electron chi connectivity index (χ2n) is 18.7. The molecule has 2 N–H and O–H groups in total. The summed E-state index contributed by atoms with van der Waals surface area (Å²) in [7, 11) is 0. The van der Waals surface area contributed by atoms with Crippen LogP contribution in [0.5, 0.6) is 17.2 Å². The predicted octanol–water partition coefficient (Wildman–Crippen LogP) is 15.2. The third-order valence-electron chi connectivity index (χ3n) is 14.0. The number of nitrogens with zero attached hydrogens (tertiary/aromatic N) is 1. The zero-order valence-electron chi connectivity index (χ0n) is 40.4. The quantitative estimate of drug-likeness (QED) is 0.0270. The van der Waals surface area contributed by atoms with Crippen molar-refractivity contribution in [1.29, 1.82) is 0 Å². The Morgan fingerprint density at radius 3 is 2.08 bits per heavy atom. The molecule has 9 heteroatoms. The van der Waals surface area contributed by atoms with Crippen molar-refractivity contribution in [3.63, 3.8) is 0 Å². The Kier molecular flexibility index (Phi) is 22.9. The van der Waals surface area contributed by atoms with Gasteiger partial charge in [-0.05, 0) is 110 Å². The Bertz CT molecular complexity index is 1900.